The number of fused-ring (bicyclic) bond motifs is 1. The third-order valence-electron chi connectivity index (χ3n) is 4.48. The Morgan fingerprint density at radius 3 is 2.89 bits per heavy atom. The van der Waals surface area contributed by atoms with E-state index < -0.39 is 17.8 Å². The fourth-order valence-electron chi connectivity index (χ4n) is 3.08. The topological polar surface area (TPSA) is 85.2 Å². The number of carbonyl (C=O) groups is 2. The molecule has 0 unspecified atom stereocenters. The number of halogens is 1. The number of amides is 2. The molecular formula is C20H17FN4O3. The molecular weight excluding hydrogens is 363 g/mol. The standard InChI is InChI=1S/C20H17FN4O3/c1-25-9-8-22-19(25)18(13-4-2-3-5-14(13)21)24-20(27)12-6-7-15-16(10-12)28-11-17(26)23-15/h2-10,18H,11H2,1H3,(H,23,26)(H,24,27)/t18-/m0/s1. The zero-order chi connectivity index (χ0) is 19.7. The molecule has 0 aliphatic carbocycles. The van der Waals surface area contributed by atoms with E-state index in [0.29, 0.717) is 28.4 Å². The smallest absolute Gasteiger partial charge is 0.262 e. The molecule has 0 radical (unpaired) electrons. The van der Waals surface area contributed by atoms with Crippen molar-refractivity contribution >= 4 is 17.5 Å². The Morgan fingerprint density at radius 2 is 2.14 bits per heavy atom. The van der Waals surface area contributed by atoms with Crippen LogP contribution in [-0.2, 0) is 11.8 Å². The summed E-state index contributed by atoms with van der Waals surface area (Å²) in [6.45, 7) is -0.108. The number of anilines is 1. The van der Waals surface area contributed by atoms with Crippen molar-refractivity contribution in [2.45, 2.75) is 6.04 Å². The van der Waals surface area contributed by atoms with E-state index in [9.17, 15) is 14.0 Å². The van der Waals surface area contributed by atoms with Crippen LogP contribution in [0.15, 0.2) is 54.9 Å². The van der Waals surface area contributed by atoms with E-state index >= 15 is 0 Å². The molecule has 142 valence electrons. The van der Waals surface area contributed by atoms with Crippen molar-refractivity contribution in [2.75, 3.05) is 11.9 Å². The molecule has 4 rings (SSSR count). The lowest BCUT2D eigenvalue weighted by Crippen LogP contribution is -2.32. The van der Waals surface area contributed by atoms with Crippen LogP contribution in [0, 0.1) is 5.82 Å². The molecule has 7 nitrogen and oxygen atoms in total. The third kappa shape index (κ3) is 3.32. The molecule has 0 spiro atoms. The molecule has 2 aromatic carbocycles. The van der Waals surface area contributed by atoms with Crippen molar-refractivity contribution in [3.8, 4) is 5.75 Å². The monoisotopic (exact) mass is 380 g/mol. The van der Waals surface area contributed by atoms with Crippen LogP contribution in [0.2, 0.25) is 0 Å². The van der Waals surface area contributed by atoms with Crippen LogP contribution in [0.4, 0.5) is 10.1 Å². The number of ether oxygens (including phenoxy) is 1. The first kappa shape index (κ1) is 17.7. The van der Waals surface area contributed by atoms with Gasteiger partial charge in [-0.25, -0.2) is 9.37 Å². The largest absolute Gasteiger partial charge is 0.482 e. The van der Waals surface area contributed by atoms with Crippen LogP contribution in [0.1, 0.15) is 27.8 Å². The molecule has 28 heavy (non-hydrogen) atoms. The molecule has 0 fully saturated rings. The van der Waals surface area contributed by atoms with Gasteiger partial charge in [-0.15, -0.1) is 0 Å². The number of imidazole rings is 1. The Hall–Kier alpha value is -3.68. The number of aryl methyl sites for hydroxylation is 1. The second-order valence-corrected chi connectivity index (χ2v) is 6.37. The van der Waals surface area contributed by atoms with Crippen molar-refractivity contribution < 1.29 is 18.7 Å². The highest BCUT2D eigenvalue weighted by Gasteiger charge is 2.25. The summed E-state index contributed by atoms with van der Waals surface area (Å²) in [5.41, 5.74) is 1.14. The van der Waals surface area contributed by atoms with Gasteiger partial charge < -0.3 is 19.9 Å². The first-order valence-electron chi connectivity index (χ1n) is 8.62. The Bertz CT molecular complexity index is 1060. The van der Waals surface area contributed by atoms with Gasteiger partial charge in [-0.3, -0.25) is 9.59 Å². The second kappa shape index (κ2) is 7.15. The summed E-state index contributed by atoms with van der Waals surface area (Å²) in [4.78, 5) is 28.5. The molecule has 8 heteroatoms. The van der Waals surface area contributed by atoms with Crippen molar-refractivity contribution in [3.05, 3.63) is 77.6 Å². The van der Waals surface area contributed by atoms with Crippen molar-refractivity contribution in [2.24, 2.45) is 7.05 Å². The van der Waals surface area contributed by atoms with Crippen LogP contribution >= 0.6 is 0 Å². The maximum absolute atomic E-state index is 14.4. The van der Waals surface area contributed by atoms with Gasteiger partial charge in [0.1, 0.15) is 23.4 Å². The SMILES string of the molecule is Cn1ccnc1[C@@H](NC(=O)c1ccc2c(c1)OCC(=O)N2)c1ccccc1F. The summed E-state index contributed by atoms with van der Waals surface area (Å²) in [5, 5.41) is 5.52. The summed E-state index contributed by atoms with van der Waals surface area (Å²) in [7, 11) is 1.78. The minimum Gasteiger partial charge on any atom is -0.482 e. The number of hydrogen-bond donors (Lipinski definition) is 2. The lowest BCUT2D eigenvalue weighted by atomic mass is 10.0. The van der Waals surface area contributed by atoms with E-state index in [2.05, 4.69) is 15.6 Å². The molecule has 2 N–H and O–H groups in total. The van der Waals surface area contributed by atoms with E-state index in [1.54, 1.807) is 60.4 Å². The van der Waals surface area contributed by atoms with E-state index in [-0.39, 0.29) is 12.5 Å². The van der Waals surface area contributed by atoms with Crippen LogP contribution in [0.5, 0.6) is 5.75 Å². The predicted octanol–water partition coefficient (Wildman–Crippen LogP) is 2.41. The molecule has 3 aromatic rings. The zero-order valence-corrected chi connectivity index (χ0v) is 15.0. The molecule has 1 aliphatic heterocycles. The van der Waals surface area contributed by atoms with E-state index in [4.69, 9.17) is 4.74 Å². The highest BCUT2D eigenvalue weighted by molar-refractivity contribution is 5.99. The number of nitrogens with zero attached hydrogens (tertiary/aromatic N) is 2. The molecule has 2 heterocycles. The lowest BCUT2D eigenvalue weighted by molar-refractivity contribution is -0.118. The van der Waals surface area contributed by atoms with Gasteiger partial charge in [0.25, 0.3) is 11.8 Å². The summed E-state index contributed by atoms with van der Waals surface area (Å²) < 4.78 is 21.5. The number of carbonyl (C=O) groups excluding carboxylic acids is 2. The number of nitrogens with one attached hydrogen (secondary N) is 2. The van der Waals surface area contributed by atoms with Gasteiger partial charge in [0, 0.05) is 30.6 Å². The molecule has 1 aliphatic rings. The van der Waals surface area contributed by atoms with Crippen molar-refractivity contribution in [3.63, 3.8) is 0 Å². The highest BCUT2D eigenvalue weighted by atomic mass is 19.1. The first-order valence-corrected chi connectivity index (χ1v) is 8.62. The van der Waals surface area contributed by atoms with Gasteiger partial charge in [-0.1, -0.05) is 18.2 Å². The van der Waals surface area contributed by atoms with Crippen LogP contribution in [0.25, 0.3) is 0 Å². The van der Waals surface area contributed by atoms with Gasteiger partial charge in [0.05, 0.1) is 5.69 Å². The lowest BCUT2D eigenvalue weighted by Gasteiger charge is -2.21. The van der Waals surface area contributed by atoms with Gasteiger partial charge >= 0.3 is 0 Å². The van der Waals surface area contributed by atoms with Gasteiger partial charge in [0.15, 0.2) is 6.61 Å². The summed E-state index contributed by atoms with van der Waals surface area (Å²) in [5.74, 6) is -0.197. The average Bonchev–Trinajstić information content (AvgIpc) is 3.12. The molecule has 0 bridgehead atoms. The molecule has 1 aromatic heterocycles. The molecule has 0 saturated carbocycles. The summed E-state index contributed by atoms with van der Waals surface area (Å²) >= 11 is 0. The Labute approximate surface area is 160 Å². The fraction of sp³-hybridized carbons (Fsp3) is 0.150. The van der Waals surface area contributed by atoms with Crippen molar-refractivity contribution in [1.82, 2.24) is 14.9 Å². The Kier molecular flexibility index (Phi) is 4.52. The van der Waals surface area contributed by atoms with Gasteiger partial charge in [0.2, 0.25) is 0 Å². The van der Waals surface area contributed by atoms with Gasteiger partial charge in [-0.2, -0.15) is 0 Å². The quantitative estimate of drug-likeness (QED) is 0.728. The minimum atomic E-state index is -0.773. The second-order valence-electron chi connectivity index (χ2n) is 6.37. The average molecular weight is 380 g/mol. The third-order valence-corrected chi connectivity index (χ3v) is 4.48. The van der Waals surface area contributed by atoms with E-state index in [0.717, 1.165) is 0 Å². The summed E-state index contributed by atoms with van der Waals surface area (Å²) in [6.07, 6.45) is 3.31. The van der Waals surface area contributed by atoms with Crippen LogP contribution in [0.3, 0.4) is 0 Å². The number of rotatable bonds is 4. The van der Waals surface area contributed by atoms with Crippen LogP contribution < -0.4 is 15.4 Å². The molecule has 2 amide bonds. The minimum absolute atomic E-state index is 0.108. The van der Waals surface area contributed by atoms with E-state index in [1.165, 1.54) is 6.07 Å². The fourth-order valence-corrected chi connectivity index (χ4v) is 3.08. The van der Waals surface area contributed by atoms with E-state index in [1.807, 2.05) is 0 Å². The zero-order valence-electron chi connectivity index (χ0n) is 15.0. The Balaban J connectivity index is 1.66. The first-order chi connectivity index (χ1) is 13.5. The maximum Gasteiger partial charge on any atom is 0.262 e. The number of aromatic nitrogens is 2. The summed E-state index contributed by atoms with van der Waals surface area (Å²) in [6, 6.07) is 10.2. The highest BCUT2D eigenvalue weighted by Crippen LogP contribution is 2.29. The normalized spacial score (nSPS) is 13.9. The van der Waals surface area contributed by atoms with Crippen molar-refractivity contribution in [1.29, 1.82) is 0 Å². The predicted molar refractivity (Wildman–Crippen MR) is 99.5 cm³/mol. The van der Waals surface area contributed by atoms with Gasteiger partial charge in [-0.05, 0) is 24.3 Å². The maximum atomic E-state index is 14.4. The Morgan fingerprint density at radius 1 is 1.32 bits per heavy atom. The number of benzene rings is 2. The molecule has 0 saturated heterocycles. The van der Waals surface area contributed by atoms with Crippen LogP contribution in [-0.4, -0.2) is 28.0 Å². The molecule has 1 atom stereocenters. The number of hydrogen-bond acceptors (Lipinski definition) is 4.